The maximum Gasteiger partial charge on any atom is 0.315 e. The van der Waals surface area contributed by atoms with Gasteiger partial charge >= 0.3 is 5.69 Å². The van der Waals surface area contributed by atoms with Crippen LogP contribution in [0.5, 0.6) is 11.5 Å². The number of Topliss-reactive ketones (excluding diaryl/α,β-unsaturated/α-hetero) is 1. The third kappa shape index (κ3) is 2.43. The average molecular weight is 334 g/mol. The number of hydrogen-bond acceptors (Lipinski definition) is 6. The average Bonchev–Trinajstić information content (AvgIpc) is 2.91. The summed E-state index contributed by atoms with van der Waals surface area (Å²) in [5.74, 6) is 0.762. The van der Waals surface area contributed by atoms with E-state index in [4.69, 9.17) is 9.47 Å². The van der Waals surface area contributed by atoms with Gasteiger partial charge in [0.2, 0.25) is 5.75 Å². The highest BCUT2D eigenvalue weighted by atomic mass is 16.6. The molecule has 1 aliphatic carbocycles. The Balaban J connectivity index is 2.16. The molecule has 0 amide bonds. The highest BCUT2D eigenvalue weighted by Crippen LogP contribution is 2.51. The largest absolute Gasteiger partial charge is 0.493 e. The van der Waals surface area contributed by atoms with E-state index in [0.29, 0.717) is 25.0 Å². The number of likely N-dealkylation sites (tertiary alicyclic amines) is 1. The summed E-state index contributed by atoms with van der Waals surface area (Å²) in [6.07, 6.45) is 2.62. The predicted molar refractivity (Wildman–Crippen MR) is 87.8 cm³/mol. The number of nitrogens with zero attached hydrogens (tertiary/aromatic N) is 2. The van der Waals surface area contributed by atoms with E-state index >= 15 is 0 Å². The third-order valence-electron chi connectivity index (χ3n) is 5.58. The van der Waals surface area contributed by atoms with Gasteiger partial charge in [0.25, 0.3) is 0 Å². The molecule has 2 fully saturated rings. The molecule has 0 spiro atoms. The zero-order valence-corrected chi connectivity index (χ0v) is 14.2. The lowest BCUT2D eigenvalue weighted by molar-refractivity contribution is -0.385. The van der Waals surface area contributed by atoms with Crippen molar-refractivity contribution in [2.75, 3.05) is 27.8 Å². The Bertz CT molecular complexity index is 690. The standard InChI is InChI=1S/C17H22N2O5/c1-18-7-6-17(5-4-12(20)10-15(17)18)11-8-13(19(21)22)16(24-3)14(9-11)23-2/h8-9,15H,4-7,10H2,1-3H3. The molecule has 7 nitrogen and oxygen atoms in total. The number of carbonyl (C=O) groups excluding carboxylic acids is 1. The monoisotopic (exact) mass is 334 g/mol. The number of methoxy groups -OCH3 is 2. The molecule has 24 heavy (non-hydrogen) atoms. The molecule has 1 aromatic rings. The van der Waals surface area contributed by atoms with Crippen LogP contribution in [0.2, 0.25) is 0 Å². The molecule has 0 bridgehead atoms. The first-order valence-electron chi connectivity index (χ1n) is 8.06. The maximum absolute atomic E-state index is 11.9. The van der Waals surface area contributed by atoms with Crippen LogP contribution in [0.15, 0.2) is 12.1 Å². The quantitative estimate of drug-likeness (QED) is 0.621. The summed E-state index contributed by atoms with van der Waals surface area (Å²) in [6.45, 7) is 0.875. The van der Waals surface area contributed by atoms with Crippen molar-refractivity contribution in [2.45, 2.75) is 37.1 Å². The van der Waals surface area contributed by atoms with Crippen molar-refractivity contribution in [3.63, 3.8) is 0 Å². The maximum atomic E-state index is 11.9. The van der Waals surface area contributed by atoms with Crippen molar-refractivity contribution in [1.82, 2.24) is 4.90 Å². The molecule has 0 radical (unpaired) electrons. The number of benzene rings is 1. The van der Waals surface area contributed by atoms with E-state index in [-0.39, 0.29) is 28.7 Å². The normalized spacial score (nSPS) is 27.0. The number of likely N-dealkylation sites (N-methyl/N-ethyl adjacent to an activating group) is 1. The fourth-order valence-corrected chi connectivity index (χ4v) is 4.29. The van der Waals surface area contributed by atoms with Crippen molar-refractivity contribution >= 4 is 11.5 Å². The third-order valence-corrected chi connectivity index (χ3v) is 5.58. The molecule has 3 rings (SSSR count). The number of hydrogen-bond donors (Lipinski definition) is 0. The van der Waals surface area contributed by atoms with Crippen LogP contribution in [0.1, 0.15) is 31.2 Å². The van der Waals surface area contributed by atoms with Gasteiger partial charge in [-0.15, -0.1) is 0 Å². The van der Waals surface area contributed by atoms with E-state index in [2.05, 4.69) is 4.90 Å². The smallest absolute Gasteiger partial charge is 0.315 e. The summed E-state index contributed by atoms with van der Waals surface area (Å²) < 4.78 is 10.5. The zero-order chi connectivity index (χ0) is 17.5. The minimum Gasteiger partial charge on any atom is -0.493 e. The Kier molecular flexibility index (Phi) is 4.21. The molecule has 1 aliphatic heterocycles. The van der Waals surface area contributed by atoms with E-state index in [0.717, 1.165) is 18.5 Å². The fourth-order valence-electron chi connectivity index (χ4n) is 4.29. The molecule has 7 heteroatoms. The summed E-state index contributed by atoms with van der Waals surface area (Å²) >= 11 is 0. The first-order chi connectivity index (χ1) is 11.4. The van der Waals surface area contributed by atoms with Gasteiger partial charge in [-0.2, -0.15) is 0 Å². The second kappa shape index (κ2) is 6.05. The van der Waals surface area contributed by atoms with Gasteiger partial charge in [0, 0.05) is 30.4 Å². The second-order valence-electron chi connectivity index (χ2n) is 6.63. The molecule has 2 aliphatic rings. The van der Waals surface area contributed by atoms with Crippen molar-refractivity contribution in [3.05, 3.63) is 27.8 Å². The summed E-state index contributed by atoms with van der Waals surface area (Å²) in [5, 5.41) is 11.5. The molecule has 1 saturated carbocycles. The first kappa shape index (κ1) is 16.7. The van der Waals surface area contributed by atoms with Crippen molar-refractivity contribution < 1.29 is 19.2 Å². The van der Waals surface area contributed by atoms with Gasteiger partial charge in [0.15, 0.2) is 5.75 Å². The van der Waals surface area contributed by atoms with E-state index < -0.39 is 4.92 Å². The molecule has 0 N–H and O–H groups in total. The number of ketones is 1. The molecule has 1 heterocycles. The second-order valence-corrected chi connectivity index (χ2v) is 6.63. The van der Waals surface area contributed by atoms with Crippen molar-refractivity contribution in [3.8, 4) is 11.5 Å². The molecule has 1 saturated heterocycles. The van der Waals surface area contributed by atoms with E-state index in [1.807, 2.05) is 13.1 Å². The summed E-state index contributed by atoms with van der Waals surface area (Å²) in [5.41, 5.74) is 0.535. The highest BCUT2D eigenvalue weighted by Gasteiger charge is 2.51. The summed E-state index contributed by atoms with van der Waals surface area (Å²) in [6, 6.07) is 3.52. The van der Waals surface area contributed by atoms with E-state index in [1.54, 1.807) is 6.07 Å². The Morgan fingerprint density at radius 3 is 2.67 bits per heavy atom. The van der Waals surface area contributed by atoms with Crippen molar-refractivity contribution in [2.24, 2.45) is 0 Å². The first-order valence-corrected chi connectivity index (χ1v) is 8.06. The van der Waals surface area contributed by atoms with Crippen LogP contribution in [-0.4, -0.2) is 49.5 Å². The van der Waals surface area contributed by atoms with Crippen LogP contribution < -0.4 is 9.47 Å². The molecule has 0 aromatic heterocycles. The molecular formula is C17H22N2O5. The van der Waals surface area contributed by atoms with Gasteiger partial charge in [-0.1, -0.05) is 0 Å². The number of nitro groups is 1. The van der Waals surface area contributed by atoms with Gasteiger partial charge in [-0.3, -0.25) is 14.9 Å². The molecular weight excluding hydrogens is 312 g/mol. The number of rotatable bonds is 4. The fraction of sp³-hybridized carbons (Fsp3) is 0.588. The van der Waals surface area contributed by atoms with Gasteiger partial charge in [0.1, 0.15) is 5.78 Å². The minimum atomic E-state index is -0.441. The number of carbonyl (C=O) groups is 1. The lowest BCUT2D eigenvalue weighted by atomic mass is 9.66. The number of fused-ring (bicyclic) bond motifs is 1. The molecule has 2 atom stereocenters. The lowest BCUT2D eigenvalue weighted by Crippen LogP contribution is -2.46. The van der Waals surface area contributed by atoms with Crippen LogP contribution in [-0.2, 0) is 10.2 Å². The minimum absolute atomic E-state index is 0.0801. The molecule has 130 valence electrons. The lowest BCUT2D eigenvalue weighted by Gasteiger charge is -2.41. The van der Waals surface area contributed by atoms with Gasteiger partial charge in [-0.05, 0) is 38.1 Å². The zero-order valence-electron chi connectivity index (χ0n) is 14.2. The van der Waals surface area contributed by atoms with E-state index in [1.165, 1.54) is 14.2 Å². The van der Waals surface area contributed by atoms with Crippen LogP contribution in [0.4, 0.5) is 5.69 Å². The van der Waals surface area contributed by atoms with Crippen LogP contribution in [0, 0.1) is 10.1 Å². The summed E-state index contributed by atoms with van der Waals surface area (Å²) in [7, 11) is 4.89. The predicted octanol–water partition coefficient (Wildman–Crippen LogP) is 2.31. The molecule has 2 unspecified atom stereocenters. The van der Waals surface area contributed by atoms with Gasteiger partial charge in [-0.25, -0.2) is 0 Å². The van der Waals surface area contributed by atoms with Gasteiger partial charge < -0.3 is 14.4 Å². The Labute approximate surface area is 140 Å². The molecule has 1 aromatic carbocycles. The Morgan fingerprint density at radius 1 is 1.29 bits per heavy atom. The van der Waals surface area contributed by atoms with E-state index in [9.17, 15) is 14.9 Å². The van der Waals surface area contributed by atoms with Crippen LogP contribution in [0.25, 0.3) is 0 Å². The van der Waals surface area contributed by atoms with Gasteiger partial charge in [0.05, 0.1) is 19.1 Å². The number of nitro benzene ring substituents is 1. The number of ether oxygens (including phenoxy) is 2. The van der Waals surface area contributed by atoms with Crippen LogP contribution in [0.3, 0.4) is 0 Å². The Morgan fingerprint density at radius 2 is 2.04 bits per heavy atom. The topological polar surface area (TPSA) is 81.9 Å². The highest BCUT2D eigenvalue weighted by molar-refractivity contribution is 5.81. The SMILES string of the molecule is COc1cc(C23CCC(=O)CC2N(C)CC3)cc([N+](=O)[O-])c1OC. The Hall–Kier alpha value is -2.15. The van der Waals surface area contributed by atoms with Crippen LogP contribution >= 0.6 is 0 Å². The van der Waals surface area contributed by atoms with Crippen molar-refractivity contribution in [1.29, 1.82) is 0 Å². The summed E-state index contributed by atoms with van der Waals surface area (Å²) in [4.78, 5) is 25.2.